The van der Waals surface area contributed by atoms with Crippen molar-refractivity contribution in [2.24, 2.45) is 11.7 Å². The van der Waals surface area contributed by atoms with E-state index < -0.39 is 0 Å². The lowest BCUT2D eigenvalue weighted by molar-refractivity contribution is 0.0447. The van der Waals surface area contributed by atoms with Crippen LogP contribution in [0.3, 0.4) is 0 Å². The van der Waals surface area contributed by atoms with Gasteiger partial charge in [0.1, 0.15) is 0 Å². The molecule has 0 radical (unpaired) electrons. The summed E-state index contributed by atoms with van der Waals surface area (Å²) in [6.45, 7) is 3.93. The maximum absolute atomic E-state index is 6.35. The number of hydrogen-bond acceptors (Lipinski definition) is 2. The van der Waals surface area contributed by atoms with Gasteiger partial charge in [-0.15, -0.1) is 0 Å². The van der Waals surface area contributed by atoms with Gasteiger partial charge in [0.2, 0.25) is 0 Å². The molecule has 2 nitrogen and oxygen atoms in total. The van der Waals surface area contributed by atoms with Gasteiger partial charge in [-0.2, -0.15) is 0 Å². The Hall–Kier alpha value is -0.860. The minimum atomic E-state index is 0.132. The fourth-order valence-electron chi connectivity index (χ4n) is 2.57. The van der Waals surface area contributed by atoms with E-state index >= 15 is 0 Å². The SMILES string of the molecule is CCCc1cccc(C(N)C2CCCOC2)c1. The maximum Gasteiger partial charge on any atom is 0.0512 e. The van der Waals surface area contributed by atoms with Crippen LogP contribution in [0, 0.1) is 5.92 Å². The van der Waals surface area contributed by atoms with Crippen molar-refractivity contribution in [3.05, 3.63) is 35.4 Å². The van der Waals surface area contributed by atoms with E-state index in [0.717, 1.165) is 26.1 Å². The summed E-state index contributed by atoms with van der Waals surface area (Å²) < 4.78 is 5.52. The predicted octanol–water partition coefficient (Wildman–Crippen LogP) is 3.07. The van der Waals surface area contributed by atoms with Gasteiger partial charge < -0.3 is 10.5 Å². The van der Waals surface area contributed by atoms with E-state index in [2.05, 4.69) is 31.2 Å². The highest BCUT2D eigenvalue weighted by molar-refractivity contribution is 5.26. The van der Waals surface area contributed by atoms with Gasteiger partial charge in [-0.3, -0.25) is 0 Å². The number of hydrogen-bond donors (Lipinski definition) is 1. The van der Waals surface area contributed by atoms with Crippen molar-refractivity contribution in [1.82, 2.24) is 0 Å². The van der Waals surface area contributed by atoms with Crippen molar-refractivity contribution in [1.29, 1.82) is 0 Å². The Bertz CT molecular complexity index is 345. The average Bonchev–Trinajstić information content (AvgIpc) is 2.40. The highest BCUT2D eigenvalue weighted by Crippen LogP contribution is 2.27. The van der Waals surface area contributed by atoms with Crippen LogP contribution in [0.25, 0.3) is 0 Å². The standard InChI is InChI=1S/C15H23NO/c1-2-5-12-6-3-7-13(10-12)15(16)14-8-4-9-17-11-14/h3,6-7,10,14-15H,2,4-5,8-9,11,16H2,1H3. The lowest BCUT2D eigenvalue weighted by atomic mass is 9.88. The molecule has 1 aliphatic rings. The van der Waals surface area contributed by atoms with Crippen LogP contribution in [-0.2, 0) is 11.2 Å². The molecule has 0 bridgehead atoms. The molecule has 2 unspecified atom stereocenters. The molecule has 1 aromatic carbocycles. The van der Waals surface area contributed by atoms with E-state index in [1.165, 1.54) is 24.0 Å². The van der Waals surface area contributed by atoms with Gasteiger partial charge in [0.05, 0.1) is 6.61 Å². The molecule has 0 aromatic heterocycles. The van der Waals surface area contributed by atoms with Crippen molar-refractivity contribution >= 4 is 0 Å². The van der Waals surface area contributed by atoms with E-state index in [0.29, 0.717) is 5.92 Å². The van der Waals surface area contributed by atoms with Gasteiger partial charge in [0.15, 0.2) is 0 Å². The second-order valence-electron chi connectivity index (χ2n) is 5.00. The van der Waals surface area contributed by atoms with E-state index in [-0.39, 0.29) is 6.04 Å². The Kier molecular flexibility index (Phi) is 4.57. The molecule has 2 heteroatoms. The zero-order valence-electron chi connectivity index (χ0n) is 10.7. The monoisotopic (exact) mass is 233 g/mol. The fourth-order valence-corrected chi connectivity index (χ4v) is 2.57. The van der Waals surface area contributed by atoms with Crippen LogP contribution in [0.5, 0.6) is 0 Å². The summed E-state index contributed by atoms with van der Waals surface area (Å²) in [6.07, 6.45) is 4.67. The largest absolute Gasteiger partial charge is 0.381 e. The molecule has 0 aliphatic carbocycles. The number of nitrogens with two attached hydrogens (primary N) is 1. The van der Waals surface area contributed by atoms with Crippen LogP contribution in [0.4, 0.5) is 0 Å². The molecule has 1 fully saturated rings. The van der Waals surface area contributed by atoms with E-state index in [1.54, 1.807) is 0 Å². The Morgan fingerprint density at radius 2 is 2.35 bits per heavy atom. The predicted molar refractivity (Wildman–Crippen MR) is 70.9 cm³/mol. The van der Waals surface area contributed by atoms with Crippen LogP contribution in [-0.4, -0.2) is 13.2 Å². The van der Waals surface area contributed by atoms with Gasteiger partial charge in [0, 0.05) is 18.6 Å². The van der Waals surface area contributed by atoms with Gasteiger partial charge in [-0.05, 0) is 30.4 Å². The van der Waals surface area contributed by atoms with Crippen LogP contribution in [0.2, 0.25) is 0 Å². The number of benzene rings is 1. The van der Waals surface area contributed by atoms with Gasteiger partial charge in [-0.25, -0.2) is 0 Å². The molecule has 0 amide bonds. The molecule has 1 saturated heterocycles. The molecule has 0 spiro atoms. The zero-order chi connectivity index (χ0) is 12.1. The fraction of sp³-hybridized carbons (Fsp3) is 0.600. The van der Waals surface area contributed by atoms with Gasteiger partial charge >= 0.3 is 0 Å². The van der Waals surface area contributed by atoms with Crippen molar-refractivity contribution in [2.45, 2.75) is 38.6 Å². The summed E-state index contributed by atoms with van der Waals surface area (Å²) in [6, 6.07) is 8.87. The first-order valence-electron chi connectivity index (χ1n) is 6.73. The second kappa shape index (κ2) is 6.18. The third kappa shape index (κ3) is 3.30. The Morgan fingerprint density at radius 3 is 3.06 bits per heavy atom. The summed E-state index contributed by atoms with van der Waals surface area (Å²) in [5, 5.41) is 0. The first kappa shape index (κ1) is 12.6. The van der Waals surface area contributed by atoms with E-state index in [9.17, 15) is 0 Å². The maximum atomic E-state index is 6.35. The van der Waals surface area contributed by atoms with Crippen molar-refractivity contribution < 1.29 is 4.74 Å². The first-order chi connectivity index (χ1) is 8.31. The van der Waals surface area contributed by atoms with Crippen molar-refractivity contribution in [3.8, 4) is 0 Å². The number of rotatable bonds is 4. The molecule has 17 heavy (non-hydrogen) atoms. The van der Waals surface area contributed by atoms with Crippen molar-refractivity contribution in [2.75, 3.05) is 13.2 Å². The molecular formula is C15H23NO. The third-order valence-corrected chi connectivity index (χ3v) is 3.58. The molecule has 1 aromatic rings. The summed E-state index contributed by atoms with van der Waals surface area (Å²) in [4.78, 5) is 0. The van der Waals surface area contributed by atoms with Crippen LogP contribution >= 0.6 is 0 Å². The summed E-state index contributed by atoms with van der Waals surface area (Å²) in [7, 11) is 0. The van der Waals surface area contributed by atoms with Gasteiger partial charge in [-0.1, -0.05) is 37.6 Å². The minimum absolute atomic E-state index is 0.132. The Labute approximate surface area is 104 Å². The minimum Gasteiger partial charge on any atom is -0.381 e. The normalized spacial score (nSPS) is 22.4. The Balaban J connectivity index is 2.06. The molecular weight excluding hydrogens is 210 g/mol. The number of aryl methyl sites for hydroxylation is 1. The molecule has 1 aliphatic heterocycles. The van der Waals surface area contributed by atoms with Crippen LogP contribution in [0.15, 0.2) is 24.3 Å². The lowest BCUT2D eigenvalue weighted by Crippen LogP contribution is -2.29. The Morgan fingerprint density at radius 1 is 1.47 bits per heavy atom. The molecule has 2 N–H and O–H groups in total. The van der Waals surface area contributed by atoms with E-state index in [4.69, 9.17) is 10.5 Å². The highest BCUT2D eigenvalue weighted by Gasteiger charge is 2.22. The van der Waals surface area contributed by atoms with Crippen LogP contribution in [0.1, 0.15) is 43.4 Å². The molecule has 1 heterocycles. The second-order valence-corrected chi connectivity index (χ2v) is 5.00. The summed E-state index contributed by atoms with van der Waals surface area (Å²) >= 11 is 0. The average molecular weight is 233 g/mol. The highest BCUT2D eigenvalue weighted by atomic mass is 16.5. The van der Waals surface area contributed by atoms with Gasteiger partial charge in [0.25, 0.3) is 0 Å². The molecule has 2 atom stereocenters. The van der Waals surface area contributed by atoms with E-state index in [1.807, 2.05) is 0 Å². The lowest BCUT2D eigenvalue weighted by Gasteiger charge is -2.28. The third-order valence-electron chi connectivity index (χ3n) is 3.58. The summed E-state index contributed by atoms with van der Waals surface area (Å²) in [5.74, 6) is 0.487. The molecule has 2 rings (SSSR count). The quantitative estimate of drug-likeness (QED) is 0.867. The van der Waals surface area contributed by atoms with Crippen LogP contribution < -0.4 is 5.73 Å². The van der Waals surface area contributed by atoms with Crippen molar-refractivity contribution in [3.63, 3.8) is 0 Å². The molecule has 0 saturated carbocycles. The smallest absolute Gasteiger partial charge is 0.0512 e. The topological polar surface area (TPSA) is 35.2 Å². The molecule has 94 valence electrons. The first-order valence-corrected chi connectivity index (χ1v) is 6.73. The zero-order valence-corrected chi connectivity index (χ0v) is 10.7. The summed E-state index contributed by atoms with van der Waals surface area (Å²) in [5.41, 5.74) is 9.02. The number of ether oxygens (including phenoxy) is 1.